The first kappa shape index (κ1) is 18.9. The summed E-state index contributed by atoms with van der Waals surface area (Å²) < 4.78 is 26.3. The normalized spacial score (nSPS) is 22.2. The monoisotopic (exact) mass is 413 g/mol. The van der Waals surface area contributed by atoms with Gasteiger partial charge in [-0.1, -0.05) is 78.3 Å². The number of hydrogen-bond acceptors (Lipinski definition) is 3. The van der Waals surface area contributed by atoms with Gasteiger partial charge >= 0.3 is 5.97 Å². The summed E-state index contributed by atoms with van der Waals surface area (Å²) in [5.41, 5.74) is 1.93. The largest absolute Gasteiger partial charge is 0.480 e. The van der Waals surface area contributed by atoms with E-state index < -0.39 is 25.7 Å². The maximum atomic E-state index is 12.7. The van der Waals surface area contributed by atoms with E-state index in [0.29, 0.717) is 0 Å². The van der Waals surface area contributed by atoms with Crippen molar-refractivity contribution in [3.63, 3.8) is 0 Å². The summed E-state index contributed by atoms with van der Waals surface area (Å²) in [6.45, 7) is 3.32. The lowest BCUT2D eigenvalue weighted by atomic mass is 9.99. The Labute approximate surface area is 150 Å². The SMILES string of the molecule is CC(C)C(NS(=O)(=O)C1(Br)C=CC(c2ccccc2)=CC1)C(=O)O. The number of sulfonamides is 1. The molecular formula is C17H20BrNO4S. The van der Waals surface area contributed by atoms with E-state index in [9.17, 15) is 18.3 Å². The minimum absolute atomic E-state index is 0.202. The smallest absolute Gasteiger partial charge is 0.321 e. The number of alkyl halides is 1. The molecule has 2 atom stereocenters. The van der Waals surface area contributed by atoms with Crippen LogP contribution in [0.2, 0.25) is 0 Å². The molecule has 0 saturated heterocycles. The number of allylic oxidation sites excluding steroid dienone is 3. The van der Waals surface area contributed by atoms with Crippen LogP contribution in [0.4, 0.5) is 0 Å². The fraction of sp³-hybridized carbons (Fsp3) is 0.353. The van der Waals surface area contributed by atoms with Gasteiger partial charge in [0.05, 0.1) is 0 Å². The Morgan fingerprint density at radius 3 is 2.38 bits per heavy atom. The van der Waals surface area contributed by atoms with Gasteiger partial charge in [-0.05, 0) is 17.1 Å². The molecule has 0 spiro atoms. The highest BCUT2D eigenvalue weighted by atomic mass is 79.9. The molecule has 1 aromatic rings. The molecule has 2 rings (SSSR count). The molecule has 0 amide bonds. The van der Waals surface area contributed by atoms with Crippen molar-refractivity contribution in [1.29, 1.82) is 0 Å². The summed E-state index contributed by atoms with van der Waals surface area (Å²) in [6, 6.07) is 8.47. The molecule has 0 saturated carbocycles. The molecule has 0 heterocycles. The standard InChI is InChI=1S/C17H20BrNO4S/c1-12(2)15(16(20)21)19-24(22,23)17(18)10-8-14(9-11-17)13-6-4-3-5-7-13/h3-10,12,15,19H,11H2,1-2H3,(H,20,21). The van der Waals surface area contributed by atoms with Gasteiger partial charge in [0.25, 0.3) is 0 Å². The summed E-state index contributed by atoms with van der Waals surface area (Å²) in [5, 5.41) is 9.21. The summed E-state index contributed by atoms with van der Waals surface area (Å²) in [5.74, 6) is -1.55. The van der Waals surface area contributed by atoms with Crippen molar-refractivity contribution in [1.82, 2.24) is 4.72 Å². The second kappa shape index (κ2) is 7.21. The molecule has 24 heavy (non-hydrogen) atoms. The minimum Gasteiger partial charge on any atom is -0.480 e. The van der Waals surface area contributed by atoms with Crippen molar-refractivity contribution in [2.45, 2.75) is 30.0 Å². The Hall–Kier alpha value is -1.44. The highest BCUT2D eigenvalue weighted by molar-refractivity contribution is 9.11. The van der Waals surface area contributed by atoms with E-state index in [1.54, 1.807) is 26.0 Å². The molecule has 0 aliphatic heterocycles. The molecule has 0 radical (unpaired) electrons. The lowest BCUT2D eigenvalue weighted by Crippen LogP contribution is -2.50. The van der Waals surface area contributed by atoms with Gasteiger partial charge in [0.2, 0.25) is 10.0 Å². The van der Waals surface area contributed by atoms with Crippen molar-refractivity contribution in [2.24, 2.45) is 5.92 Å². The number of nitrogens with one attached hydrogen (secondary N) is 1. The number of hydrogen-bond donors (Lipinski definition) is 2. The first-order valence-corrected chi connectivity index (χ1v) is 9.82. The second-order valence-corrected chi connectivity index (χ2v) is 9.94. The Bertz CT molecular complexity index is 771. The number of carboxylic acid groups (broad SMARTS) is 1. The van der Waals surface area contributed by atoms with Crippen LogP contribution in [-0.4, -0.2) is 29.2 Å². The number of aliphatic carboxylic acids is 1. The van der Waals surface area contributed by atoms with Crippen LogP contribution in [0.25, 0.3) is 5.57 Å². The van der Waals surface area contributed by atoms with Crippen LogP contribution in [0, 0.1) is 5.92 Å². The summed E-state index contributed by atoms with van der Waals surface area (Å²) in [6.07, 6.45) is 5.32. The Balaban J connectivity index is 2.22. The number of halogens is 1. The lowest BCUT2D eigenvalue weighted by Gasteiger charge is -2.29. The van der Waals surface area contributed by atoms with E-state index in [4.69, 9.17) is 0 Å². The summed E-state index contributed by atoms with van der Waals surface area (Å²) in [4.78, 5) is 11.3. The molecule has 2 N–H and O–H groups in total. The number of carbonyl (C=O) groups is 1. The lowest BCUT2D eigenvalue weighted by molar-refractivity contribution is -0.140. The molecule has 0 fully saturated rings. The van der Waals surface area contributed by atoms with Gasteiger partial charge in [-0.15, -0.1) is 0 Å². The maximum absolute atomic E-state index is 12.7. The first-order chi connectivity index (χ1) is 11.2. The third-order valence-corrected chi connectivity index (χ3v) is 7.51. The highest BCUT2D eigenvalue weighted by Crippen LogP contribution is 2.37. The second-order valence-electron chi connectivity index (χ2n) is 6.03. The van der Waals surface area contributed by atoms with Gasteiger partial charge in [0.15, 0.2) is 3.66 Å². The summed E-state index contributed by atoms with van der Waals surface area (Å²) >= 11 is 3.27. The maximum Gasteiger partial charge on any atom is 0.321 e. The van der Waals surface area contributed by atoms with Crippen molar-refractivity contribution < 1.29 is 18.3 Å². The van der Waals surface area contributed by atoms with Crippen LogP contribution in [-0.2, 0) is 14.8 Å². The molecule has 2 unspecified atom stereocenters. The number of carboxylic acids is 1. The van der Waals surface area contributed by atoms with E-state index in [1.807, 2.05) is 36.4 Å². The van der Waals surface area contributed by atoms with E-state index in [1.165, 1.54) is 0 Å². The van der Waals surface area contributed by atoms with Crippen LogP contribution in [0.3, 0.4) is 0 Å². The predicted molar refractivity (Wildman–Crippen MR) is 98.2 cm³/mol. The number of benzene rings is 1. The zero-order chi connectivity index (χ0) is 18.0. The Morgan fingerprint density at radius 1 is 1.29 bits per heavy atom. The number of rotatable bonds is 6. The zero-order valence-corrected chi connectivity index (χ0v) is 15.8. The van der Waals surface area contributed by atoms with Crippen molar-refractivity contribution in [3.8, 4) is 0 Å². The van der Waals surface area contributed by atoms with Crippen molar-refractivity contribution in [2.75, 3.05) is 0 Å². The average Bonchev–Trinajstić information content (AvgIpc) is 2.53. The zero-order valence-electron chi connectivity index (χ0n) is 13.4. The highest BCUT2D eigenvalue weighted by Gasteiger charge is 2.42. The van der Waals surface area contributed by atoms with E-state index in [0.717, 1.165) is 11.1 Å². The molecule has 0 aromatic heterocycles. The van der Waals surface area contributed by atoms with Crippen LogP contribution in [0.15, 0.2) is 48.6 Å². The van der Waals surface area contributed by atoms with Gasteiger partial charge < -0.3 is 5.11 Å². The Kier molecular flexibility index (Phi) is 5.67. The molecule has 7 heteroatoms. The van der Waals surface area contributed by atoms with E-state index >= 15 is 0 Å². The molecular weight excluding hydrogens is 394 g/mol. The predicted octanol–water partition coefficient (Wildman–Crippen LogP) is 3.15. The molecule has 1 aromatic carbocycles. The fourth-order valence-corrected chi connectivity index (χ4v) is 4.41. The molecule has 1 aliphatic rings. The van der Waals surface area contributed by atoms with Crippen molar-refractivity contribution in [3.05, 3.63) is 54.1 Å². The first-order valence-electron chi connectivity index (χ1n) is 7.55. The minimum atomic E-state index is -3.92. The van der Waals surface area contributed by atoms with Gasteiger partial charge in [-0.25, -0.2) is 8.42 Å². The van der Waals surface area contributed by atoms with Crippen LogP contribution in [0.1, 0.15) is 25.8 Å². The van der Waals surface area contributed by atoms with Gasteiger partial charge in [0, 0.05) is 6.42 Å². The van der Waals surface area contributed by atoms with E-state index in [2.05, 4.69) is 20.7 Å². The quantitative estimate of drug-likeness (QED) is 0.701. The third-order valence-electron chi connectivity index (χ3n) is 3.88. The third kappa shape index (κ3) is 3.96. The Morgan fingerprint density at radius 2 is 1.92 bits per heavy atom. The molecule has 130 valence electrons. The van der Waals surface area contributed by atoms with Gasteiger partial charge in [-0.3, -0.25) is 4.79 Å². The summed E-state index contributed by atoms with van der Waals surface area (Å²) in [7, 11) is -3.92. The van der Waals surface area contributed by atoms with Gasteiger partial charge in [-0.2, -0.15) is 4.72 Å². The fourth-order valence-electron chi connectivity index (χ4n) is 2.38. The van der Waals surface area contributed by atoms with Crippen LogP contribution < -0.4 is 4.72 Å². The van der Waals surface area contributed by atoms with Crippen LogP contribution >= 0.6 is 15.9 Å². The van der Waals surface area contributed by atoms with Crippen molar-refractivity contribution >= 4 is 37.5 Å². The molecule has 5 nitrogen and oxygen atoms in total. The van der Waals surface area contributed by atoms with E-state index in [-0.39, 0.29) is 12.3 Å². The topological polar surface area (TPSA) is 83.5 Å². The average molecular weight is 414 g/mol. The molecule has 1 aliphatic carbocycles. The van der Waals surface area contributed by atoms with Gasteiger partial charge in [0.1, 0.15) is 6.04 Å². The molecule has 0 bridgehead atoms. The van der Waals surface area contributed by atoms with Crippen LogP contribution in [0.5, 0.6) is 0 Å².